The molecule has 1 fully saturated rings. The highest BCUT2D eigenvalue weighted by Gasteiger charge is 2.19. The van der Waals surface area contributed by atoms with Gasteiger partial charge in [0.25, 0.3) is 0 Å². The Morgan fingerprint density at radius 3 is 2.59 bits per heavy atom. The maximum absolute atomic E-state index is 12.6. The minimum atomic E-state index is 0.0637. The number of amides is 1. The Bertz CT molecular complexity index is 798. The molecule has 1 atom stereocenters. The predicted octanol–water partition coefficient (Wildman–Crippen LogP) is 5.65. The molecule has 1 aromatic heterocycles. The van der Waals surface area contributed by atoms with Gasteiger partial charge in [-0.15, -0.1) is 0 Å². The molecule has 1 aliphatic carbocycles. The number of methoxy groups -OCH3 is 1. The van der Waals surface area contributed by atoms with Gasteiger partial charge < -0.3 is 10.1 Å². The lowest BCUT2D eigenvalue weighted by Gasteiger charge is -2.21. The molecular formula is C24H33N3O2. The van der Waals surface area contributed by atoms with Gasteiger partial charge in [0.2, 0.25) is 5.91 Å². The molecule has 1 amide bonds. The lowest BCUT2D eigenvalue weighted by molar-refractivity contribution is -0.117. The summed E-state index contributed by atoms with van der Waals surface area (Å²) in [4.78, 5) is 22.1. The molecule has 156 valence electrons. The number of carbonyl (C=O) groups excluding carboxylic acids is 1. The number of carbonyl (C=O) groups is 1. The fourth-order valence-electron chi connectivity index (χ4n) is 3.89. The first-order valence-corrected chi connectivity index (χ1v) is 10.9. The van der Waals surface area contributed by atoms with Crippen LogP contribution in [0.5, 0.6) is 5.75 Å². The first-order valence-electron chi connectivity index (χ1n) is 10.9. The molecule has 1 heterocycles. The Morgan fingerprint density at radius 1 is 1.21 bits per heavy atom. The van der Waals surface area contributed by atoms with Crippen molar-refractivity contribution in [2.45, 2.75) is 65.2 Å². The Balaban J connectivity index is 1.78. The van der Waals surface area contributed by atoms with Crippen molar-refractivity contribution in [3.8, 4) is 17.0 Å². The highest BCUT2D eigenvalue weighted by atomic mass is 16.5. The van der Waals surface area contributed by atoms with Gasteiger partial charge in [-0.1, -0.05) is 39.5 Å². The Labute approximate surface area is 174 Å². The minimum Gasteiger partial charge on any atom is -0.497 e. The van der Waals surface area contributed by atoms with Gasteiger partial charge in [-0.3, -0.25) is 4.79 Å². The number of rotatable bonds is 8. The molecule has 0 saturated heterocycles. The summed E-state index contributed by atoms with van der Waals surface area (Å²) in [6, 6.07) is 7.81. The molecule has 5 nitrogen and oxygen atoms in total. The summed E-state index contributed by atoms with van der Waals surface area (Å²) in [5, 5.41) is 3.05. The molecule has 5 heteroatoms. The van der Waals surface area contributed by atoms with Gasteiger partial charge in [-0.2, -0.15) is 0 Å². The van der Waals surface area contributed by atoms with Crippen LogP contribution in [0.3, 0.4) is 0 Å². The molecular weight excluding hydrogens is 362 g/mol. The van der Waals surface area contributed by atoms with E-state index in [9.17, 15) is 4.79 Å². The van der Waals surface area contributed by atoms with E-state index >= 15 is 0 Å². The molecule has 3 rings (SSSR count). The number of aromatic nitrogens is 2. The number of hydrogen-bond donors (Lipinski definition) is 1. The van der Waals surface area contributed by atoms with Crippen LogP contribution in [0.2, 0.25) is 0 Å². The number of nitrogens with one attached hydrogen (secondary N) is 1. The van der Waals surface area contributed by atoms with E-state index in [0.29, 0.717) is 24.1 Å². The van der Waals surface area contributed by atoms with E-state index in [4.69, 9.17) is 9.72 Å². The van der Waals surface area contributed by atoms with Gasteiger partial charge in [0.15, 0.2) is 5.82 Å². The summed E-state index contributed by atoms with van der Waals surface area (Å²) in [6.07, 6.45) is 10.3. The molecule has 29 heavy (non-hydrogen) atoms. The van der Waals surface area contributed by atoms with Gasteiger partial charge in [0.05, 0.1) is 24.7 Å². The molecule has 1 unspecified atom stereocenters. The fourth-order valence-corrected chi connectivity index (χ4v) is 3.89. The van der Waals surface area contributed by atoms with Crippen LogP contribution in [0.15, 0.2) is 30.5 Å². The van der Waals surface area contributed by atoms with E-state index < -0.39 is 0 Å². The second-order valence-electron chi connectivity index (χ2n) is 8.25. The average molecular weight is 396 g/mol. The lowest BCUT2D eigenvalue weighted by atomic mass is 9.87. The smallest absolute Gasteiger partial charge is 0.225 e. The fraction of sp³-hybridized carbons (Fsp3) is 0.542. The zero-order valence-electron chi connectivity index (χ0n) is 17.9. The molecule has 0 bridgehead atoms. The second-order valence-corrected chi connectivity index (χ2v) is 8.25. The van der Waals surface area contributed by atoms with Crippen LogP contribution >= 0.6 is 0 Å². The van der Waals surface area contributed by atoms with E-state index in [0.717, 1.165) is 48.4 Å². The molecule has 1 N–H and O–H groups in total. The third-order valence-electron chi connectivity index (χ3n) is 5.93. The van der Waals surface area contributed by atoms with Crippen molar-refractivity contribution in [2.75, 3.05) is 12.4 Å². The van der Waals surface area contributed by atoms with E-state index in [-0.39, 0.29) is 5.91 Å². The van der Waals surface area contributed by atoms with Crippen LogP contribution in [0.25, 0.3) is 11.3 Å². The highest BCUT2D eigenvalue weighted by Crippen LogP contribution is 2.28. The zero-order valence-corrected chi connectivity index (χ0v) is 17.9. The highest BCUT2D eigenvalue weighted by molar-refractivity contribution is 5.90. The molecule has 0 aliphatic heterocycles. The molecule has 1 aromatic carbocycles. The molecule has 2 aromatic rings. The van der Waals surface area contributed by atoms with Crippen LogP contribution in [0, 0.1) is 11.8 Å². The molecule has 0 spiro atoms. The quantitative estimate of drug-likeness (QED) is 0.627. The van der Waals surface area contributed by atoms with E-state index in [1.165, 1.54) is 19.3 Å². The van der Waals surface area contributed by atoms with Crippen molar-refractivity contribution in [1.29, 1.82) is 0 Å². The summed E-state index contributed by atoms with van der Waals surface area (Å²) < 4.78 is 5.24. The zero-order chi connectivity index (χ0) is 20.6. The van der Waals surface area contributed by atoms with Gasteiger partial charge in [-0.05, 0) is 55.4 Å². The van der Waals surface area contributed by atoms with Crippen molar-refractivity contribution >= 4 is 11.7 Å². The maximum atomic E-state index is 12.6. The first-order chi connectivity index (χ1) is 14.1. The van der Waals surface area contributed by atoms with E-state index in [2.05, 4.69) is 24.1 Å². The Hall–Kier alpha value is -2.43. The number of nitrogens with zero attached hydrogens (tertiary/aromatic N) is 2. The van der Waals surface area contributed by atoms with Gasteiger partial charge in [0.1, 0.15) is 5.75 Å². The number of ether oxygens (including phenoxy) is 1. The van der Waals surface area contributed by atoms with E-state index in [1.54, 1.807) is 13.3 Å². The summed E-state index contributed by atoms with van der Waals surface area (Å²) in [5.41, 5.74) is 2.67. The average Bonchev–Trinajstić information content (AvgIpc) is 2.75. The van der Waals surface area contributed by atoms with Gasteiger partial charge in [0, 0.05) is 12.0 Å². The van der Waals surface area contributed by atoms with Crippen LogP contribution in [-0.2, 0) is 11.2 Å². The topological polar surface area (TPSA) is 64.1 Å². The number of hydrogen-bond acceptors (Lipinski definition) is 4. The molecule has 1 aliphatic rings. The number of benzene rings is 1. The minimum absolute atomic E-state index is 0.0637. The van der Waals surface area contributed by atoms with Crippen molar-refractivity contribution in [3.05, 3.63) is 36.2 Å². The van der Waals surface area contributed by atoms with Crippen LogP contribution < -0.4 is 10.1 Å². The summed E-state index contributed by atoms with van der Waals surface area (Å²) in [6.45, 7) is 4.38. The van der Waals surface area contributed by atoms with Crippen molar-refractivity contribution in [2.24, 2.45) is 11.8 Å². The van der Waals surface area contributed by atoms with Crippen molar-refractivity contribution in [1.82, 2.24) is 9.97 Å². The van der Waals surface area contributed by atoms with Crippen LogP contribution in [-0.4, -0.2) is 23.0 Å². The second kappa shape index (κ2) is 10.4. The maximum Gasteiger partial charge on any atom is 0.225 e. The standard InChI is InChI=1S/C24H33N3O2/c1-4-17(2)14-21-24(27-23(28)15-18-8-6-5-7-9-18)25-16-22(26-21)19-10-12-20(29-3)13-11-19/h10-13,16-18H,4-9,14-15H2,1-3H3,(H,25,27,28). The number of anilines is 1. The van der Waals surface area contributed by atoms with Crippen LogP contribution in [0.1, 0.15) is 64.5 Å². The monoisotopic (exact) mass is 395 g/mol. The summed E-state index contributed by atoms with van der Waals surface area (Å²) in [7, 11) is 1.66. The van der Waals surface area contributed by atoms with Gasteiger partial charge in [-0.25, -0.2) is 9.97 Å². The Morgan fingerprint density at radius 2 is 1.93 bits per heavy atom. The summed E-state index contributed by atoms with van der Waals surface area (Å²) in [5.74, 6) is 2.48. The molecule has 1 saturated carbocycles. The molecule has 0 radical (unpaired) electrons. The predicted molar refractivity (Wildman–Crippen MR) is 117 cm³/mol. The third-order valence-corrected chi connectivity index (χ3v) is 5.93. The lowest BCUT2D eigenvalue weighted by Crippen LogP contribution is -2.20. The largest absolute Gasteiger partial charge is 0.497 e. The van der Waals surface area contributed by atoms with E-state index in [1.807, 2.05) is 24.3 Å². The SMILES string of the molecule is CCC(C)Cc1nc(-c2ccc(OC)cc2)cnc1NC(=O)CC1CCCCC1. The van der Waals surface area contributed by atoms with Crippen molar-refractivity contribution < 1.29 is 9.53 Å². The summed E-state index contributed by atoms with van der Waals surface area (Å²) >= 11 is 0. The van der Waals surface area contributed by atoms with Crippen molar-refractivity contribution in [3.63, 3.8) is 0 Å². The Kier molecular flexibility index (Phi) is 7.62. The third kappa shape index (κ3) is 6.02. The van der Waals surface area contributed by atoms with Crippen LogP contribution in [0.4, 0.5) is 5.82 Å². The first kappa shape index (κ1) is 21.3. The van der Waals surface area contributed by atoms with Gasteiger partial charge >= 0.3 is 0 Å². The normalized spacial score (nSPS) is 15.7.